The van der Waals surface area contributed by atoms with Gasteiger partial charge in [0.25, 0.3) is 0 Å². The highest BCUT2D eigenvalue weighted by Gasteiger charge is 2.17. The lowest BCUT2D eigenvalue weighted by molar-refractivity contribution is 0.338. The van der Waals surface area contributed by atoms with Crippen LogP contribution in [-0.4, -0.2) is 22.9 Å². The third kappa shape index (κ3) is 3.34. The maximum atomic E-state index is 4.43. The minimum atomic E-state index is 0.620. The molecular formula is C13H25N3. The first-order valence-electron chi connectivity index (χ1n) is 6.42. The first-order valence-corrected chi connectivity index (χ1v) is 6.42. The zero-order chi connectivity index (χ0) is 12.0. The standard InChI is InChI=1S/C10H17N3.C3H8/c1-8-7-12-13(9(8)2)10-3-5-11-6-4-10;1-3-2/h7,10-11H,3-6H2,1-2H3;3H2,1-2H3. The molecule has 0 radical (unpaired) electrons. The Morgan fingerprint density at radius 1 is 1.31 bits per heavy atom. The SMILES string of the molecule is CCC.Cc1cnn(C2CCNCC2)c1C. The van der Waals surface area contributed by atoms with Crippen molar-refractivity contribution in [3.8, 4) is 0 Å². The van der Waals surface area contributed by atoms with Crippen molar-refractivity contribution in [3.63, 3.8) is 0 Å². The Morgan fingerprint density at radius 2 is 1.88 bits per heavy atom. The van der Waals surface area contributed by atoms with E-state index in [9.17, 15) is 0 Å². The van der Waals surface area contributed by atoms with Crippen LogP contribution < -0.4 is 5.32 Å². The smallest absolute Gasteiger partial charge is 0.0546 e. The Hall–Kier alpha value is -0.830. The summed E-state index contributed by atoms with van der Waals surface area (Å²) >= 11 is 0. The maximum Gasteiger partial charge on any atom is 0.0546 e. The number of piperidine rings is 1. The maximum absolute atomic E-state index is 4.43. The molecule has 1 fully saturated rings. The van der Waals surface area contributed by atoms with Gasteiger partial charge in [0.05, 0.1) is 12.2 Å². The summed E-state index contributed by atoms with van der Waals surface area (Å²) in [6.07, 6.45) is 5.64. The number of rotatable bonds is 1. The Bertz CT molecular complexity index is 298. The summed E-state index contributed by atoms with van der Waals surface area (Å²) in [7, 11) is 0. The summed E-state index contributed by atoms with van der Waals surface area (Å²) in [5.74, 6) is 0. The van der Waals surface area contributed by atoms with Gasteiger partial charge in [-0.05, 0) is 45.3 Å². The second-order valence-corrected chi connectivity index (χ2v) is 4.55. The van der Waals surface area contributed by atoms with Crippen LogP contribution in [-0.2, 0) is 0 Å². The molecule has 1 aliphatic heterocycles. The molecule has 92 valence electrons. The first-order chi connectivity index (χ1) is 7.70. The lowest BCUT2D eigenvalue weighted by atomic mass is 10.1. The van der Waals surface area contributed by atoms with Crippen molar-refractivity contribution >= 4 is 0 Å². The number of nitrogens with zero attached hydrogens (tertiary/aromatic N) is 2. The van der Waals surface area contributed by atoms with Gasteiger partial charge in [0.1, 0.15) is 0 Å². The Labute approximate surface area is 99.2 Å². The van der Waals surface area contributed by atoms with E-state index in [-0.39, 0.29) is 0 Å². The van der Waals surface area contributed by atoms with Gasteiger partial charge >= 0.3 is 0 Å². The van der Waals surface area contributed by atoms with Crippen LogP contribution in [0.25, 0.3) is 0 Å². The lowest BCUT2D eigenvalue weighted by Gasteiger charge is -2.24. The second kappa shape index (κ2) is 6.69. The minimum absolute atomic E-state index is 0.620. The van der Waals surface area contributed by atoms with E-state index in [0.29, 0.717) is 6.04 Å². The van der Waals surface area contributed by atoms with Crippen LogP contribution in [0.5, 0.6) is 0 Å². The number of hydrogen-bond acceptors (Lipinski definition) is 2. The highest BCUT2D eigenvalue weighted by atomic mass is 15.3. The van der Waals surface area contributed by atoms with Crippen molar-refractivity contribution in [2.75, 3.05) is 13.1 Å². The first kappa shape index (κ1) is 13.2. The van der Waals surface area contributed by atoms with Crippen molar-refractivity contribution in [2.45, 2.75) is 53.0 Å². The fourth-order valence-electron chi connectivity index (χ4n) is 1.93. The molecule has 3 nitrogen and oxygen atoms in total. The Kier molecular flexibility index (Phi) is 5.53. The van der Waals surface area contributed by atoms with Crippen molar-refractivity contribution in [1.29, 1.82) is 0 Å². The van der Waals surface area contributed by atoms with Crippen LogP contribution >= 0.6 is 0 Å². The van der Waals surface area contributed by atoms with Gasteiger partial charge in [0.15, 0.2) is 0 Å². The Morgan fingerprint density at radius 3 is 2.31 bits per heavy atom. The van der Waals surface area contributed by atoms with Gasteiger partial charge in [-0.3, -0.25) is 4.68 Å². The Balaban J connectivity index is 0.000000386. The van der Waals surface area contributed by atoms with Crippen LogP contribution in [0.3, 0.4) is 0 Å². The van der Waals surface area contributed by atoms with Crippen LogP contribution in [0, 0.1) is 13.8 Å². The molecule has 0 amide bonds. The van der Waals surface area contributed by atoms with Gasteiger partial charge in [-0.25, -0.2) is 0 Å². The van der Waals surface area contributed by atoms with Crippen molar-refractivity contribution in [3.05, 3.63) is 17.5 Å². The normalized spacial score (nSPS) is 16.8. The highest BCUT2D eigenvalue weighted by Crippen LogP contribution is 2.20. The van der Waals surface area contributed by atoms with Crippen molar-refractivity contribution in [2.24, 2.45) is 0 Å². The number of aryl methyl sites for hydroxylation is 1. The monoisotopic (exact) mass is 223 g/mol. The number of nitrogens with one attached hydrogen (secondary N) is 1. The van der Waals surface area contributed by atoms with Gasteiger partial charge in [-0.2, -0.15) is 5.10 Å². The van der Waals surface area contributed by atoms with E-state index < -0.39 is 0 Å². The summed E-state index contributed by atoms with van der Waals surface area (Å²) in [6, 6.07) is 0.620. The minimum Gasteiger partial charge on any atom is -0.317 e. The molecule has 16 heavy (non-hydrogen) atoms. The predicted molar refractivity (Wildman–Crippen MR) is 68.8 cm³/mol. The summed E-state index contributed by atoms with van der Waals surface area (Å²) in [5, 5.41) is 7.80. The molecule has 1 saturated heterocycles. The molecule has 0 bridgehead atoms. The molecule has 0 aliphatic carbocycles. The second-order valence-electron chi connectivity index (χ2n) is 4.55. The highest BCUT2D eigenvalue weighted by molar-refractivity contribution is 5.14. The third-order valence-electron chi connectivity index (χ3n) is 2.94. The molecule has 2 heterocycles. The van der Waals surface area contributed by atoms with E-state index >= 15 is 0 Å². The van der Waals surface area contributed by atoms with Crippen LogP contribution in [0.1, 0.15) is 50.4 Å². The molecule has 0 unspecified atom stereocenters. The van der Waals surface area contributed by atoms with Gasteiger partial charge in [-0.1, -0.05) is 20.3 Å². The average molecular weight is 223 g/mol. The third-order valence-corrected chi connectivity index (χ3v) is 2.94. The van der Waals surface area contributed by atoms with E-state index in [1.165, 1.54) is 30.5 Å². The number of aromatic nitrogens is 2. The molecule has 0 saturated carbocycles. The molecule has 3 heteroatoms. The fraction of sp³-hybridized carbons (Fsp3) is 0.769. The molecule has 1 aliphatic rings. The molecule has 1 aromatic heterocycles. The topological polar surface area (TPSA) is 29.9 Å². The van der Waals surface area contributed by atoms with Crippen LogP contribution in [0.15, 0.2) is 6.20 Å². The summed E-state index contributed by atoms with van der Waals surface area (Å²) in [5.41, 5.74) is 2.63. The van der Waals surface area contributed by atoms with Crippen molar-refractivity contribution < 1.29 is 0 Å². The zero-order valence-electron chi connectivity index (χ0n) is 11.1. The van der Waals surface area contributed by atoms with Gasteiger partial charge < -0.3 is 5.32 Å². The van der Waals surface area contributed by atoms with Gasteiger partial charge in [-0.15, -0.1) is 0 Å². The molecule has 0 spiro atoms. The van der Waals surface area contributed by atoms with E-state index in [4.69, 9.17) is 0 Å². The fourth-order valence-corrected chi connectivity index (χ4v) is 1.93. The van der Waals surface area contributed by atoms with E-state index in [2.05, 4.69) is 42.8 Å². The average Bonchev–Trinajstić information content (AvgIpc) is 2.62. The lowest BCUT2D eigenvalue weighted by Crippen LogP contribution is -2.30. The van der Waals surface area contributed by atoms with Crippen LogP contribution in [0.4, 0.5) is 0 Å². The van der Waals surface area contributed by atoms with Gasteiger partial charge in [0.2, 0.25) is 0 Å². The summed E-state index contributed by atoms with van der Waals surface area (Å²) < 4.78 is 2.19. The van der Waals surface area contributed by atoms with E-state index in [1.54, 1.807) is 0 Å². The zero-order valence-corrected chi connectivity index (χ0v) is 11.1. The number of hydrogen-bond donors (Lipinski definition) is 1. The van der Waals surface area contributed by atoms with Crippen molar-refractivity contribution in [1.82, 2.24) is 15.1 Å². The summed E-state index contributed by atoms with van der Waals surface area (Å²) in [4.78, 5) is 0. The molecular weight excluding hydrogens is 198 g/mol. The summed E-state index contributed by atoms with van der Waals surface area (Å²) in [6.45, 7) is 10.8. The molecule has 0 atom stereocenters. The quantitative estimate of drug-likeness (QED) is 0.793. The largest absolute Gasteiger partial charge is 0.317 e. The molecule has 1 N–H and O–H groups in total. The predicted octanol–water partition coefficient (Wildman–Crippen LogP) is 2.84. The molecule has 1 aromatic rings. The van der Waals surface area contributed by atoms with Gasteiger partial charge in [0, 0.05) is 5.69 Å². The van der Waals surface area contributed by atoms with E-state index in [0.717, 1.165) is 13.1 Å². The van der Waals surface area contributed by atoms with Crippen LogP contribution in [0.2, 0.25) is 0 Å². The molecule has 0 aromatic carbocycles. The van der Waals surface area contributed by atoms with E-state index in [1.807, 2.05) is 6.20 Å². The molecule has 2 rings (SSSR count).